The molecule has 0 fully saturated rings. The summed E-state index contributed by atoms with van der Waals surface area (Å²) < 4.78 is 0. The smallest absolute Gasteiger partial charge is 0.251 e. The van der Waals surface area contributed by atoms with E-state index in [1.807, 2.05) is 39.0 Å². The van der Waals surface area contributed by atoms with E-state index in [4.69, 9.17) is 0 Å². The van der Waals surface area contributed by atoms with Crippen LogP contribution in [0.4, 0.5) is 0 Å². The van der Waals surface area contributed by atoms with Crippen molar-refractivity contribution in [3.63, 3.8) is 0 Å². The lowest BCUT2D eigenvalue weighted by molar-refractivity contribution is -0.124. The normalized spacial score (nSPS) is 13.0. The Balaban J connectivity index is 2.04. The average Bonchev–Trinajstić information content (AvgIpc) is 2.62. The van der Waals surface area contributed by atoms with E-state index in [-0.39, 0.29) is 6.04 Å². The monoisotopic (exact) mass is 340 g/mol. The average molecular weight is 340 g/mol. The first-order valence-corrected chi connectivity index (χ1v) is 8.27. The third kappa shape index (κ3) is 4.67. The number of rotatable bonds is 6. The minimum absolute atomic E-state index is 0.227. The number of hydrogen-bond acceptors (Lipinski definition) is 3. The molecule has 2 aromatic rings. The predicted octanol–water partition coefficient (Wildman–Crippen LogP) is 2.27. The van der Waals surface area contributed by atoms with Gasteiger partial charge in [-0.25, -0.2) is 0 Å². The highest BCUT2D eigenvalue weighted by Gasteiger charge is 2.22. The molecule has 0 aliphatic carbocycles. The van der Waals surface area contributed by atoms with Crippen molar-refractivity contribution in [2.45, 2.75) is 32.9 Å². The summed E-state index contributed by atoms with van der Waals surface area (Å²) in [5.41, 5.74) is 3.72. The van der Waals surface area contributed by atoms with Crippen molar-refractivity contribution in [3.8, 4) is 0 Å². The van der Waals surface area contributed by atoms with Gasteiger partial charge in [0, 0.05) is 5.56 Å². The number of amides is 2. The van der Waals surface area contributed by atoms with E-state index in [9.17, 15) is 14.7 Å². The Morgan fingerprint density at radius 2 is 1.68 bits per heavy atom. The van der Waals surface area contributed by atoms with E-state index in [0.29, 0.717) is 5.56 Å². The lowest BCUT2D eigenvalue weighted by Gasteiger charge is -2.22. The molecule has 132 valence electrons. The van der Waals surface area contributed by atoms with Crippen LogP contribution in [0.3, 0.4) is 0 Å². The second-order valence-corrected chi connectivity index (χ2v) is 6.09. The molecule has 0 aromatic heterocycles. The molecular weight excluding hydrogens is 316 g/mol. The second-order valence-electron chi connectivity index (χ2n) is 6.09. The summed E-state index contributed by atoms with van der Waals surface area (Å²) in [5.74, 6) is -0.811. The number of carbonyl (C=O) groups is 2. The van der Waals surface area contributed by atoms with Crippen molar-refractivity contribution in [2.24, 2.45) is 0 Å². The Hall–Kier alpha value is -2.66. The van der Waals surface area contributed by atoms with E-state index in [1.165, 1.54) is 0 Å². The van der Waals surface area contributed by atoms with Crippen LogP contribution in [0.2, 0.25) is 0 Å². The van der Waals surface area contributed by atoms with E-state index in [2.05, 4.69) is 10.6 Å². The highest BCUT2D eigenvalue weighted by molar-refractivity contribution is 5.97. The van der Waals surface area contributed by atoms with Gasteiger partial charge in [-0.05, 0) is 49.6 Å². The molecule has 0 saturated carbocycles. The molecule has 25 heavy (non-hydrogen) atoms. The number of hydrogen-bond donors (Lipinski definition) is 3. The number of benzene rings is 2. The van der Waals surface area contributed by atoms with Crippen molar-refractivity contribution in [1.29, 1.82) is 0 Å². The van der Waals surface area contributed by atoms with Crippen LogP contribution in [0.25, 0.3) is 0 Å². The third-order valence-corrected chi connectivity index (χ3v) is 4.31. The number of aliphatic hydroxyl groups is 1. The van der Waals surface area contributed by atoms with Gasteiger partial charge in [0.25, 0.3) is 5.91 Å². The minimum atomic E-state index is -1.000. The molecular formula is C20H24N2O3. The molecule has 0 aliphatic rings. The molecule has 5 heteroatoms. The standard InChI is InChI=1S/C20H24N2O3/c1-13-8-7-11-17(14(13)2)15(3)21-20(25)18(12-23)22-19(24)16-9-5-4-6-10-16/h4-11,15,18,23H,12H2,1-3H3,(H,21,25)(H,22,24)/t15-,18-/m1/s1. The Morgan fingerprint density at radius 1 is 1.00 bits per heavy atom. The first-order valence-electron chi connectivity index (χ1n) is 8.27. The van der Waals surface area contributed by atoms with E-state index < -0.39 is 24.5 Å². The van der Waals surface area contributed by atoms with Crippen molar-refractivity contribution in [1.82, 2.24) is 10.6 Å². The molecule has 0 bridgehead atoms. The summed E-state index contributed by atoms with van der Waals surface area (Å²) in [7, 11) is 0. The fraction of sp³-hybridized carbons (Fsp3) is 0.300. The van der Waals surface area contributed by atoms with Crippen LogP contribution in [0.15, 0.2) is 48.5 Å². The molecule has 2 amide bonds. The van der Waals surface area contributed by atoms with Gasteiger partial charge in [0.1, 0.15) is 6.04 Å². The zero-order valence-electron chi connectivity index (χ0n) is 14.7. The van der Waals surface area contributed by atoms with Crippen molar-refractivity contribution in [2.75, 3.05) is 6.61 Å². The molecule has 0 aliphatic heterocycles. The van der Waals surface area contributed by atoms with Crippen LogP contribution < -0.4 is 10.6 Å². The second kappa shape index (κ2) is 8.44. The maximum atomic E-state index is 12.4. The Bertz CT molecular complexity index is 744. The molecule has 0 heterocycles. The largest absolute Gasteiger partial charge is 0.394 e. The number of aliphatic hydroxyl groups excluding tert-OH is 1. The van der Waals surface area contributed by atoms with Crippen LogP contribution in [0.5, 0.6) is 0 Å². The SMILES string of the molecule is Cc1cccc([C@@H](C)NC(=O)[C@@H](CO)NC(=O)c2ccccc2)c1C. The summed E-state index contributed by atoms with van der Waals surface area (Å²) in [6, 6.07) is 13.3. The molecule has 3 N–H and O–H groups in total. The van der Waals surface area contributed by atoms with Crippen molar-refractivity contribution < 1.29 is 14.7 Å². The van der Waals surface area contributed by atoms with Gasteiger partial charge < -0.3 is 15.7 Å². The Morgan fingerprint density at radius 3 is 2.32 bits per heavy atom. The Labute approximate surface area is 148 Å². The maximum absolute atomic E-state index is 12.4. The van der Waals surface area contributed by atoms with Gasteiger partial charge in [-0.15, -0.1) is 0 Å². The van der Waals surface area contributed by atoms with Crippen LogP contribution in [0, 0.1) is 13.8 Å². The van der Waals surface area contributed by atoms with Crippen LogP contribution in [-0.2, 0) is 4.79 Å². The highest BCUT2D eigenvalue weighted by atomic mass is 16.3. The zero-order valence-corrected chi connectivity index (χ0v) is 14.7. The molecule has 2 atom stereocenters. The Kier molecular flexibility index (Phi) is 6.31. The molecule has 0 saturated heterocycles. The number of aryl methyl sites for hydroxylation is 1. The van der Waals surface area contributed by atoms with Gasteiger partial charge in [-0.3, -0.25) is 9.59 Å². The molecule has 5 nitrogen and oxygen atoms in total. The summed E-state index contributed by atoms with van der Waals surface area (Å²) in [6.07, 6.45) is 0. The number of carbonyl (C=O) groups excluding carboxylic acids is 2. The topological polar surface area (TPSA) is 78.4 Å². The van der Waals surface area contributed by atoms with Gasteiger partial charge in [-0.1, -0.05) is 36.4 Å². The minimum Gasteiger partial charge on any atom is -0.394 e. The van der Waals surface area contributed by atoms with Crippen molar-refractivity contribution in [3.05, 3.63) is 70.8 Å². The highest BCUT2D eigenvalue weighted by Crippen LogP contribution is 2.20. The molecule has 2 aromatic carbocycles. The lowest BCUT2D eigenvalue weighted by atomic mass is 9.98. The van der Waals surface area contributed by atoms with E-state index >= 15 is 0 Å². The predicted molar refractivity (Wildman–Crippen MR) is 97.3 cm³/mol. The molecule has 0 radical (unpaired) electrons. The van der Waals surface area contributed by atoms with Gasteiger partial charge in [-0.2, -0.15) is 0 Å². The van der Waals surface area contributed by atoms with Gasteiger partial charge in [0.15, 0.2) is 0 Å². The quantitative estimate of drug-likeness (QED) is 0.755. The number of nitrogens with one attached hydrogen (secondary N) is 2. The van der Waals surface area contributed by atoms with Crippen LogP contribution >= 0.6 is 0 Å². The molecule has 0 spiro atoms. The first-order chi connectivity index (χ1) is 11.9. The fourth-order valence-corrected chi connectivity index (χ4v) is 2.66. The maximum Gasteiger partial charge on any atom is 0.251 e. The fourth-order valence-electron chi connectivity index (χ4n) is 2.66. The van der Waals surface area contributed by atoms with Crippen LogP contribution in [-0.4, -0.2) is 29.6 Å². The summed E-state index contributed by atoms with van der Waals surface area (Å²) in [5, 5.41) is 14.9. The zero-order chi connectivity index (χ0) is 18.4. The van der Waals surface area contributed by atoms with E-state index in [0.717, 1.165) is 16.7 Å². The summed E-state index contributed by atoms with van der Waals surface area (Å²) in [6.45, 7) is 5.44. The third-order valence-electron chi connectivity index (χ3n) is 4.31. The first kappa shape index (κ1) is 18.7. The summed E-state index contributed by atoms with van der Waals surface area (Å²) >= 11 is 0. The van der Waals surface area contributed by atoms with Gasteiger partial charge >= 0.3 is 0 Å². The van der Waals surface area contributed by atoms with Crippen molar-refractivity contribution >= 4 is 11.8 Å². The van der Waals surface area contributed by atoms with Gasteiger partial charge in [0.2, 0.25) is 5.91 Å². The molecule has 0 unspecified atom stereocenters. The molecule has 2 rings (SSSR count). The van der Waals surface area contributed by atoms with E-state index in [1.54, 1.807) is 30.3 Å². The summed E-state index contributed by atoms with van der Waals surface area (Å²) in [4.78, 5) is 24.6. The van der Waals surface area contributed by atoms with Gasteiger partial charge in [0.05, 0.1) is 12.6 Å². The van der Waals surface area contributed by atoms with Crippen LogP contribution in [0.1, 0.15) is 40.0 Å². The lowest BCUT2D eigenvalue weighted by Crippen LogP contribution is -2.49.